The summed E-state index contributed by atoms with van der Waals surface area (Å²) in [5.74, 6) is 0.802. The van der Waals surface area contributed by atoms with Gasteiger partial charge in [-0.05, 0) is 25.1 Å². The van der Waals surface area contributed by atoms with Gasteiger partial charge < -0.3 is 11.1 Å². The normalized spacial score (nSPS) is 10.2. The lowest BCUT2D eigenvalue weighted by atomic mass is 10.4. The highest BCUT2D eigenvalue weighted by molar-refractivity contribution is 7.99. The largest absolute Gasteiger partial charge is 0.356 e. The van der Waals surface area contributed by atoms with E-state index in [2.05, 4.69) is 5.32 Å². The topological polar surface area (TPSA) is 55.1 Å². The minimum absolute atomic E-state index is 0.0676. The van der Waals surface area contributed by atoms with Crippen molar-refractivity contribution in [2.45, 2.75) is 17.7 Å². The number of thioether (sulfide) groups is 1. The van der Waals surface area contributed by atoms with Gasteiger partial charge in [0.25, 0.3) is 0 Å². The molecule has 3 nitrogen and oxygen atoms in total. The van der Waals surface area contributed by atoms with Crippen LogP contribution in [0.3, 0.4) is 0 Å². The molecule has 0 heterocycles. The molecule has 0 radical (unpaired) electrons. The zero-order valence-electron chi connectivity index (χ0n) is 9.62. The Morgan fingerprint density at radius 1 is 1.41 bits per heavy atom. The van der Waals surface area contributed by atoms with Crippen molar-refractivity contribution in [1.29, 1.82) is 0 Å². The second kappa shape index (κ2) is 8.39. The number of benzene rings is 1. The Balaban J connectivity index is 2.19. The molecule has 0 bridgehead atoms. The van der Waals surface area contributed by atoms with Gasteiger partial charge in [0.1, 0.15) is 0 Å². The lowest BCUT2D eigenvalue weighted by Crippen LogP contribution is -2.26. The molecule has 0 aliphatic rings. The van der Waals surface area contributed by atoms with E-state index in [9.17, 15) is 4.79 Å². The molecule has 0 aliphatic heterocycles. The van der Waals surface area contributed by atoms with Crippen molar-refractivity contribution in [1.82, 2.24) is 5.32 Å². The number of nitrogens with two attached hydrogens (primary N) is 1. The first kappa shape index (κ1) is 14.4. The second-order valence-corrected chi connectivity index (χ2v) is 5.07. The number of rotatable bonds is 7. The molecular weight excluding hydrogens is 256 g/mol. The van der Waals surface area contributed by atoms with Crippen molar-refractivity contribution >= 4 is 29.3 Å². The van der Waals surface area contributed by atoms with Gasteiger partial charge in [-0.2, -0.15) is 0 Å². The quantitative estimate of drug-likeness (QED) is 0.591. The first-order chi connectivity index (χ1) is 8.24. The molecule has 0 saturated carbocycles. The SMILES string of the molecule is NCCCNC(=O)CCSc1ccccc1Cl. The molecule has 0 spiro atoms. The first-order valence-corrected chi connectivity index (χ1v) is 6.94. The van der Waals surface area contributed by atoms with Crippen molar-refractivity contribution in [2.75, 3.05) is 18.8 Å². The molecule has 0 fully saturated rings. The molecule has 1 aromatic carbocycles. The summed E-state index contributed by atoms with van der Waals surface area (Å²) in [6.07, 6.45) is 1.32. The highest BCUT2D eigenvalue weighted by Gasteiger charge is 2.03. The Morgan fingerprint density at radius 3 is 2.88 bits per heavy atom. The van der Waals surface area contributed by atoms with Crippen LogP contribution >= 0.6 is 23.4 Å². The van der Waals surface area contributed by atoms with E-state index < -0.39 is 0 Å². The van der Waals surface area contributed by atoms with Crippen LogP contribution < -0.4 is 11.1 Å². The van der Waals surface area contributed by atoms with Gasteiger partial charge in [0.15, 0.2) is 0 Å². The highest BCUT2D eigenvalue weighted by Crippen LogP contribution is 2.26. The maximum atomic E-state index is 11.4. The Hall–Kier alpha value is -0.710. The lowest BCUT2D eigenvalue weighted by Gasteiger charge is -2.05. The molecule has 0 unspecified atom stereocenters. The van der Waals surface area contributed by atoms with Gasteiger partial charge in [-0.1, -0.05) is 23.7 Å². The third-order valence-corrected chi connectivity index (χ3v) is 3.64. The Morgan fingerprint density at radius 2 is 2.18 bits per heavy atom. The van der Waals surface area contributed by atoms with Gasteiger partial charge in [0.2, 0.25) is 5.91 Å². The molecule has 0 atom stereocenters. The first-order valence-electron chi connectivity index (χ1n) is 5.58. The van der Waals surface area contributed by atoms with Crippen molar-refractivity contribution in [3.63, 3.8) is 0 Å². The average Bonchev–Trinajstić information content (AvgIpc) is 2.32. The van der Waals surface area contributed by atoms with E-state index in [4.69, 9.17) is 17.3 Å². The van der Waals surface area contributed by atoms with Crippen LogP contribution in [0.1, 0.15) is 12.8 Å². The van der Waals surface area contributed by atoms with Gasteiger partial charge in [-0.3, -0.25) is 4.79 Å². The summed E-state index contributed by atoms with van der Waals surface area (Å²) in [5.41, 5.74) is 5.34. The summed E-state index contributed by atoms with van der Waals surface area (Å²) in [6, 6.07) is 7.64. The van der Waals surface area contributed by atoms with Gasteiger partial charge in [0.05, 0.1) is 5.02 Å². The second-order valence-electron chi connectivity index (χ2n) is 3.52. The maximum Gasteiger partial charge on any atom is 0.220 e. The molecule has 0 aliphatic carbocycles. The zero-order valence-corrected chi connectivity index (χ0v) is 11.2. The fraction of sp³-hybridized carbons (Fsp3) is 0.417. The molecule has 1 rings (SSSR count). The molecule has 1 amide bonds. The third-order valence-electron chi connectivity index (χ3n) is 2.13. The summed E-state index contributed by atoms with van der Waals surface area (Å²) < 4.78 is 0. The van der Waals surface area contributed by atoms with E-state index >= 15 is 0 Å². The monoisotopic (exact) mass is 272 g/mol. The third kappa shape index (κ3) is 5.96. The van der Waals surface area contributed by atoms with E-state index in [-0.39, 0.29) is 5.91 Å². The van der Waals surface area contributed by atoms with E-state index in [1.54, 1.807) is 11.8 Å². The predicted molar refractivity (Wildman–Crippen MR) is 73.5 cm³/mol. The van der Waals surface area contributed by atoms with Crippen LogP contribution in [0.25, 0.3) is 0 Å². The molecule has 3 N–H and O–H groups in total. The minimum atomic E-state index is 0.0676. The van der Waals surface area contributed by atoms with E-state index in [0.717, 1.165) is 22.1 Å². The fourth-order valence-electron chi connectivity index (χ4n) is 1.23. The maximum absolute atomic E-state index is 11.4. The molecular formula is C12H17ClN2OS. The lowest BCUT2D eigenvalue weighted by molar-refractivity contribution is -0.120. The Bertz CT molecular complexity index is 360. The predicted octanol–water partition coefficient (Wildman–Crippen LogP) is 2.29. The van der Waals surface area contributed by atoms with Gasteiger partial charge in [-0.15, -0.1) is 11.8 Å². The Labute approximate surface area is 111 Å². The van der Waals surface area contributed by atoms with Gasteiger partial charge >= 0.3 is 0 Å². The Kier molecular flexibility index (Phi) is 7.08. The van der Waals surface area contributed by atoms with Crippen LogP contribution in [0, 0.1) is 0 Å². The standard InChI is InChI=1S/C12H17ClN2OS/c13-10-4-1-2-5-11(10)17-9-6-12(16)15-8-3-7-14/h1-2,4-5H,3,6-9,14H2,(H,15,16). The summed E-state index contributed by atoms with van der Waals surface area (Å²) in [7, 11) is 0. The summed E-state index contributed by atoms with van der Waals surface area (Å²) >= 11 is 7.60. The van der Waals surface area contributed by atoms with Gasteiger partial charge in [-0.25, -0.2) is 0 Å². The van der Waals surface area contributed by atoms with Crippen LogP contribution in [-0.2, 0) is 4.79 Å². The van der Waals surface area contributed by atoms with Crippen LogP contribution in [0.5, 0.6) is 0 Å². The van der Waals surface area contributed by atoms with Crippen molar-refractivity contribution in [2.24, 2.45) is 5.73 Å². The number of nitrogens with one attached hydrogen (secondary N) is 1. The number of carbonyl (C=O) groups is 1. The van der Waals surface area contributed by atoms with Crippen LogP contribution in [0.4, 0.5) is 0 Å². The van der Waals surface area contributed by atoms with Crippen molar-refractivity contribution in [3.05, 3.63) is 29.3 Å². The average molecular weight is 273 g/mol. The highest BCUT2D eigenvalue weighted by atomic mass is 35.5. The summed E-state index contributed by atoms with van der Waals surface area (Å²) in [5, 5.41) is 3.56. The van der Waals surface area contributed by atoms with E-state index in [0.29, 0.717) is 19.5 Å². The zero-order chi connectivity index (χ0) is 12.5. The number of amides is 1. The van der Waals surface area contributed by atoms with Crippen molar-refractivity contribution in [3.8, 4) is 0 Å². The minimum Gasteiger partial charge on any atom is -0.356 e. The number of halogens is 1. The van der Waals surface area contributed by atoms with Crippen LogP contribution in [0.2, 0.25) is 5.02 Å². The van der Waals surface area contributed by atoms with Crippen LogP contribution in [0.15, 0.2) is 29.2 Å². The van der Waals surface area contributed by atoms with Crippen molar-refractivity contribution < 1.29 is 4.79 Å². The van der Waals surface area contributed by atoms with Gasteiger partial charge in [0, 0.05) is 23.6 Å². The smallest absolute Gasteiger partial charge is 0.220 e. The van der Waals surface area contributed by atoms with Crippen LogP contribution in [-0.4, -0.2) is 24.7 Å². The van der Waals surface area contributed by atoms with E-state index in [1.165, 1.54) is 0 Å². The molecule has 5 heteroatoms. The number of carbonyl (C=O) groups excluding carboxylic acids is 1. The number of hydrogen-bond donors (Lipinski definition) is 2. The molecule has 0 saturated heterocycles. The summed E-state index contributed by atoms with van der Waals surface area (Å²) in [6.45, 7) is 1.26. The molecule has 17 heavy (non-hydrogen) atoms. The molecule has 1 aromatic rings. The molecule has 94 valence electrons. The fourth-order valence-corrected chi connectivity index (χ4v) is 2.42. The summed E-state index contributed by atoms with van der Waals surface area (Å²) in [4.78, 5) is 12.4. The van der Waals surface area contributed by atoms with E-state index in [1.807, 2.05) is 24.3 Å². The molecule has 0 aromatic heterocycles. The number of hydrogen-bond acceptors (Lipinski definition) is 3.